The van der Waals surface area contributed by atoms with E-state index in [0.717, 1.165) is 4.47 Å². The second-order valence-electron chi connectivity index (χ2n) is 4.05. The lowest BCUT2D eigenvalue weighted by Gasteiger charge is -2.10. The van der Waals surface area contributed by atoms with Crippen LogP contribution >= 0.6 is 39.1 Å². The van der Waals surface area contributed by atoms with Gasteiger partial charge in [0, 0.05) is 10.2 Å². The topological polar surface area (TPSA) is 38.3 Å². The quantitative estimate of drug-likeness (QED) is 0.733. The predicted octanol–water partition coefficient (Wildman–Crippen LogP) is 5.16. The Kier molecular flexibility index (Phi) is 5.08. The van der Waals surface area contributed by atoms with Crippen LogP contribution in [0.25, 0.3) is 0 Å². The summed E-state index contributed by atoms with van der Waals surface area (Å²) in [6.45, 7) is 0. The minimum atomic E-state index is -0.724. The third-order valence-electron chi connectivity index (χ3n) is 2.65. The van der Waals surface area contributed by atoms with Crippen molar-refractivity contribution in [1.82, 2.24) is 0 Å². The molecule has 7 heteroatoms. The van der Waals surface area contributed by atoms with Crippen molar-refractivity contribution < 1.29 is 13.9 Å². The zero-order valence-electron chi connectivity index (χ0n) is 10.7. The number of anilines is 1. The predicted molar refractivity (Wildman–Crippen MR) is 85.1 cm³/mol. The van der Waals surface area contributed by atoms with E-state index in [2.05, 4.69) is 21.2 Å². The Morgan fingerprint density at radius 3 is 2.43 bits per heavy atom. The minimum Gasteiger partial charge on any atom is -0.496 e. The molecule has 21 heavy (non-hydrogen) atoms. The lowest BCUT2D eigenvalue weighted by atomic mass is 10.2. The number of benzene rings is 2. The van der Waals surface area contributed by atoms with E-state index in [-0.39, 0.29) is 10.0 Å². The van der Waals surface area contributed by atoms with E-state index in [9.17, 15) is 9.18 Å². The molecule has 0 saturated heterocycles. The molecule has 1 amide bonds. The molecular weight excluding hydrogens is 384 g/mol. The molecule has 2 rings (SSSR count). The lowest BCUT2D eigenvalue weighted by molar-refractivity contribution is 0.102. The van der Waals surface area contributed by atoms with Gasteiger partial charge in [0.1, 0.15) is 5.75 Å². The van der Waals surface area contributed by atoms with Crippen LogP contribution in [-0.4, -0.2) is 13.0 Å². The highest BCUT2D eigenvalue weighted by atomic mass is 79.9. The summed E-state index contributed by atoms with van der Waals surface area (Å²) in [7, 11) is 1.46. The van der Waals surface area contributed by atoms with Gasteiger partial charge in [0.25, 0.3) is 5.91 Å². The molecule has 0 fully saturated rings. The third kappa shape index (κ3) is 3.67. The highest BCUT2D eigenvalue weighted by Gasteiger charge is 2.15. The Bertz CT molecular complexity index is 686. The molecule has 2 aromatic carbocycles. The van der Waals surface area contributed by atoms with Crippen molar-refractivity contribution >= 4 is 50.7 Å². The van der Waals surface area contributed by atoms with Crippen LogP contribution in [0.3, 0.4) is 0 Å². The number of halogens is 4. The maximum absolute atomic E-state index is 13.3. The van der Waals surface area contributed by atoms with E-state index in [1.54, 1.807) is 18.2 Å². The van der Waals surface area contributed by atoms with Crippen molar-refractivity contribution in [3.05, 3.63) is 56.2 Å². The largest absolute Gasteiger partial charge is 0.496 e. The van der Waals surface area contributed by atoms with Gasteiger partial charge in [0.2, 0.25) is 0 Å². The maximum atomic E-state index is 13.3. The zero-order valence-corrected chi connectivity index (χ0v) is 13.8. The van der Waals surface area contributed by atoms with Gasteiger partial charge in [-0.2, -0.15) is 0 Å². The molecular formula is C14H9BrCl2FNO2. The van der Waals surface area contributed by atoms with E-state index in [1.807, 2.05) is 0 Å². The number of carbonyl (C=O) groups excluding carboxylic acids is 1. The molecule has 0 spiro atoms. The highest BCUT2D eigenvalue weighted by molar-refractivity contribution is 9.10. The molecule has 0 heterocycles. The highest BCUT2D eigenvalue weighted by Crippen LogP contribution is 2.29. The standard InChI is InChI=1S/C14H9BrCl2FNO2/c1-21-12-4-7(15)2-3-9(12)14(20)19-8-5-10(16)13(18)11(17)6-8/h2-6H,1H3,(H,19,20). The Balaban J connectivity index is 2.30. The van der Waals surface area contributed by atoms with Crippen molar-refractivity contribution in [3.8, 4) is 5.75 Å². The maximum Gasteiger partial charge on any atom is 0.259 e. The summed E-state index contributed by atoms with van der Waals surface area (Å²) in [5.74, 6) is -0.739. The van der Waals surface area contributed by atoms with Gasteiger partial charge in [-0.05, 0) is 30.3 Å². The van der Waals surface area contributed by atoms with Crippen LogP contribution in [0.1, 0.15) is 10.4 Å². The van der Waals surface area contributed by atoms with E-state index < -0.39 is 11.7 Å². The number of ether oxygens (including phenoxy) is 1. The zero-order chi connectivity index (χ0) is 15.6. The van der Waals surface area contributed by atoms with Crippen molar-refractivity contribution in [3.63, 3.8) is 0 Å². The van der Waals surface area contributed by atoms with Crippen LogP contribution in [0.2, 0.25) is 10.0 Å². The van der Waals surface area contributed by atoms with Crippen LogP contribution in [-0.2, 0) is 0 Å². The van der Waals surface area contributed by atoms with E-state index in [1.165, 1.54) is 19.2 Å². The molecule has 0 radical (unpaired) electrons. The van der Waals surface area contributed by atoms with Gasteiger partial charge in [0.05, 0.1) is 22.7 Å². The fraction of sp³-hybridized carbons (Fsp3) is 0.0714. The average molecular weight is 393 g/mol. The van der Waals surface area contributed by atoms with Crippen LogP contribution in [0.5, 0.6) is 5.75 Å². The summed E-state index contributed by atoms with van der Waals surface area (Å²) in [5.41, 5.74) is 0.624. The van der Waals surface area contributed by atoms with Gasteiger partial charge >= 0.3 is 0 Å². The Morgan fingerprint density at radius 1 is 1.24 bits per heavy atom. The second kappa shape index (κ2) is 6.64. The molecule has 0 atom stereocenters. The van der Waals surface area contributed by atoms with Crippen molar-refractivity contribution in [2.45, 2.75) is 0 Å². The molecule has 0 bridgehead atoms. The Morgan fingerprint density at radius 2 is 1.86 bits per heavy atom. The van der Waals surface area contributed by atoms with Crippen LogP contribution in [0.4, 0.5) is 10.1 Å². The fourth-order valence-electron chi connectivity index (χ4n) is 1.68. The number of carbonyl (C=O) groups is 1. The van der Waals surface area contributed by atoms with E-state index in [4.69, 9.17) is 27.9 Å². The molecule has 3 nitrogen and oxygen atoms in total. The normalized spacial score (nSPS) is 10.3. The molecule has 0 saturated carbocycles. The van der Waals surface area contributed by atoms with Gasteiger partial charge in [-0.25, -0.2) is 4.39 Å². The first-order chi connectivity index (χ1) is 9.92. The number of nitrogens with one attached hydrogen (secondary N) is 1. The SMILES string of the molecule is COc1cc(Br)ccc1C(=O)Nc1cc(Cl)c(F)c(Cl)c1. The molecule has 0 aromatic heterocycles. The second-order valence-corrected chi connectivity index (χ2v) is 5.78. The number of amides is 1. The Hall–Kier alpha value is -1.30. The molecule has 2 aromatic rings. The third-order valence-corrected chi connectivity index (χ3v) is 3.69. The summed E-state index contributed by atoms with van der Waals surface area (Å²) in [4.78, 5) is 12.2. The number of methoxy groups -OCH3 is 1. The number of hydrogen-bond donors (Lipinski definition) is 1. The number of hydrogen-bond acceptors (Lipinski definition) is 2. The average Bonchev–Trinajstić information content (AvgIpc) is 2.44. The first-order valence-corrected chi connectivity index (χ1v) is 7.26. The molecule has 0 unspecified atom stereocenters. The van der Waals surface area contributed by atoms with Gasteiger partial charge in [-0.3, -0.25) is 4.79 Å². The summed E-state index contributed by atoms with van der Waals surface area (Å²) in [6, 6.07) is 7.55. The van der Waals surface area contributed by atoms with E-state index >= 15 is 0 Å². The van der Waals surface area contributed by atoms with Crippen molar-refractivity contribution in [1.29, 1.82) is 0 Å². The molecule has 0 aliphatic heterocycles. The van der Waals surface area contributed by atoms with E-state index in [0.29, 0.717) is 17.0 Å². The molecule has 0 aliphatic rings. The Labute approximate surface area is 139 Å². The number of rotatable bonds is 3. The fourth-order valence-corrected chi connectivity index (χ4v) is 2.51. The summed E-state index contributed by atoms with van der Waals surface area (Å²) in [6.07, 6.45) is 0. The van der Waals surface area contributed by atoms with Gasteiger partial charge < -0.3 is 10.1 Å². The molecule has 110 valence electrons. The van der Waals surface area contributed by atoms with Crippen LogP contribution in [0, 0.1) is 5.82 Å². The smallest absolute Gasteiger partial charge is 0.259 e. The van der Waals surface area contributed by atoms with Gasteiger partial charge in [-0.15, -0.1) is 0 Å². The first-order valence-electron chi connectivity index (χ1n) is 5.72. The minimum absolute atomic E-state index is 0.166. The molecule has 0 aliphatic carbocycles. The van der Waals surface area contributed by atoms with Crippen LogP contribution in [0.15, 0.2) is 34.8 Å². The molecule has 1 N–H and O–H groups in total. The summed E-state index contributed by atoms with van der Waals surface area (Å²) in [5, 5.41) is 2.26. The summed E-state index contributed by atoms with van der Waals surface area (Å²) >= 11 is 14.7. The van der Waals surface area contributed by atoms with Crippen LogP contribution < -0.4 is 10.1 Å². The van der Waals surface area contributed by atoms with Gasteiger partial charge in [-0.1, -0.05) is 39.1 Å². The summed E-state index contributed by atoms with van der Waals surface area (Å²) < 4.78 is 19.3. The first kappa shape index (κ1) is 16.1. The van der Waals surface area contributed by atoms with Gasteiger partial charge in [0.15, 0.2) is 5.82 Å². The lowest BCUT2D eigenvalue weighted by Crippen LogP contribution is -2.13. The van der Waals surface area contributed by atoms with Crippen molar-refractivity contribution in [2.75, 3.05) is 12.4 Å². The van der Waals surface area contributed by atoms with Crippen molar-refractivity contribution in [2.24, 2.45) is 0 Å². The monoisotopic (exact) mass is 391 g/mol.